The topological polar surface area (TPSA) is 43.8 Å². The van der Waals surface area contributed by atoms with Gasteiger partial charge in [-0.25, -0.2) is 0 Å². The third-order valence-electron chi connectivity index (χ3n) is 5.00. The summed E-state index contributed by atoms with van der Waals surface area (Å²) in [6, 6.07) is 0. The molecule has 3 unspecified atom stereocenters. The Kier molecular flexibility index (Phi) is 4.96. The molecule has 1 aliphatic carbocycles. The lowest BCUT2D eigenvalue weighted by molar-refractivity contribution is 0.129. The van der Waals surface area contributed by atoms with E-state index < -0.39 is 0 Å². The quantitative estimate of drug-likeness (QED) is 0.896. The molecule has 2 rings (SSSR count). The third-order valence-corrected chi connectivity index (χ3v) is 5.62. The van der Waals surface area contributed by atoms with Crippen LogP contribution in [-0.4, -0.2) is 16.3 Å². The van der Waals surface area contributed by atoms with E-state index in [0.717, 1.165) is 23.5 Å². The van der Waals surface area contributed by atoms with Crippen LogP contribution in [0.3, 0.4) is 0 Å². The smallest absolute Gasteiger partial charge is 0.0635 e. The first kappa shape index (κ1) is 16.0. The van der Waals surface area contributed by atoms with Gasteiger partial charge in [0.25, 0.3) is 0 Å². The van der Waals surface area contributed by atoms with E-state index in [2.05, 4.69) is 53.4 Å². The average molecular weight is 342 g/mol. The number of rotatable bonds is 3. The van der Waals surface area contributed by atoms with E-state index in [1.165, 1.54) is 25.0 Å². The van der Waals surface area contributed by atoms with Gasteiger partial charge in [-0.1, -0.05) is 20.8 Å². The van der Waals surface area contributed by atoms with Crippen molar-refractivity contribution >= 4 is 15.9 Å². The maximum absolute atomic E-state index is 6.05. The Labute approximate surface area is 131 Å². The van der Waals surface area contributed by atoms with Gasteiger partial charge in [0.2, 0.25) is 0 Å². The first-order chi connectivity index (χ1) is 9.38. The van der Waals surface area contributed by atoms with E-state index in [4.69, 9.17) is 5.73 Å². The van der Waals surface area contributed by atoms with E-state index in [9.17, 15) is 0 Å². The molecule has 3 nitrogen and oxygen atoms in total. The fourth-order valence-electron chi connectivity index (χ4n) is 3.63. The van der Waals surface area contributed by atoms with Crippen LogP contribution >= 0.6 is 15.9 Å². The van der Waals surface area contributed by atoms with Crippen molar-refractivity contribution in [1.82, 2.24) is 9.78 Å². The molecule has 4 heteroatoms. The lowest BCUT2D eigenvalue weighted by Gasteiger charge is -2.42. The van der Waals surface area contributed by atoms with E-state index >= 15 is 0 Å². The van der Waals surface area contributed by atoms with E-state index in [1.807, 2.05) is 6.20 Å². The Balaban J connectivity index is 2.32. The monoisotopic (exact) mass is 341 g/mol. The largest absolute Gasteiger partial charge is 0.330 e. The van der Waals surface area contributed by atoms with Crippen LogP contribution in [0.15, 0.2) is 10.7 Å². The van der Waals surface area contributed by atoms with Crippen molar-refractivity contribution in [3.05, 3.63) is 16.4 Å². The molecule has 20 heavy (non-hydrogen) atoms. The van der Waals surface area contributed by atoms with Crippen LogP contribution in [0.4, 0.5) is 0 Å². The Morgan fingerprint density at radius 3 is 2.65 bits per heavy atom. The fourth-order valence-corrected chi connectivity index (χ4v) is 4.22. The Bertz CT molecular complexity index is 447. The van der Waals surface area contributed by atoms with Crippen molar-refractivity contribution in [1.29, 1.82) is 0 Å². The average Bonchev–Trinajstić information content (AvgIpc) is 2.77. The molecule has 0 spiro atoms. The summed E-state index contributed by atoms with van der Waals surface area (Å²) in [5.74, 6) is 1.89. The van der Waals surface area contributed by atoms with Gasteiger partial charge in [0.15, 0.2) is 0 Å². The summed E-state index contributed by atoms with van der Waals surface area (Å²) in [5.41, 5.74) is 7.79. The van der Waals surface area contributed by atoms with E-state index in [1.54, 1.807) is 0 Å². The lowest BCUT2D eigenvalue weighted by atomic mass is 9.65. The maximum atomic E-state index is 6.05. The van der Waals surface area contributed by atoms with Crippen LogP contribution < -0.4 is 5.73 Å². The van der Waals surface area contributed by atoms with Crippen LogP contribution in [0, 0.1) is 17.3 Å². The summed E-state index contributed by atoms with van der Waals surface area (Å²) in [6.45, 7) is 11.0. The molecular formula is C16H28BrN3. The van der Waals surface area contributed by atoms with Gasteiger partial charge in [-0.2, -0.15) is 5.10 Å². The highest BCUT2D eigenvalue weighted by molar-refractivity contribution is 9.10. The van der Waals surface area contributed by atoms with Crippen LogP contribution in [-0.2, 0) is 6.54 Å². The fraction of sp³-hybridized carbons (Fsp3) is 0.812. The Morgan fingerprint density at radius 2 is 2.10 bits per heavy atom. The molecule has 1 aromatic rings. The summed E-state index contributed by atoms with van der Waals surface area (Å²) >= 11 is 3.70. The molecule has 1 aliphatic rings. The molecule has 0 amide bonds. The molecule has 1 fully saturated rings. The molecule has 114 valence electrons. The first-order valence-corrected chi connectivity index (χ1v) is 8.59. The van der Waals surface area contributed by atoms with Gasteiger partial charge >= 0.3 is 0 Å². The van der Waals surface area contributed by atoms with Crippen LogP contribution in [0.1, 0.15) is 58.6 Å². The van der Waals surface area contributed by atoms with Gasteiger partial charge in [-0.05, 0) is 65.9 Å². The summed E-state index contributed by atoms with van der Waals surface area (Å²) < 4.78 is 3.29. The molecule has 0 aliphatic heterocycles. The molecule has 1 heterocycles. The molecule has 1 aromatic heterocycles. The van der Waals surface area contributed by atoms with Gasteiger partial charge in [0.1, 0.15) is 0 Å². The standard InChI is InChI=1S/C16H28BrN3/c1-5-20-15(14(17)10-19-20)13-8-12(16(2,3)4)7-6-11(13)9-18/h10-13H,5-9,18H2,1-4H3. The Morgan fingerprint density at radius 1 is 1.40 bits per heavy atom. The second kappa shape index (κ2) is 6.18. The summed E-state index contributed by atoms with van der Waals surface area (Å²) in [5, 5.41) is 4.49. The maximum Gasteiger partial charge on any atom is 0.0635 e. The van der Waals surface area contributed by atoms with Crippen molar-refractivity contribution in [2.75, 3.05) is 6.54 Å². The van der Waals surface area contributed by atoms with E-state index in [0.29, 0.717) is 17.3 Å². The van der Waals surface area contributed by atoms with Gasteiger partial charge in [-0.15, -0.1) is 0 Å². The molecule has 0 radical (unpaired) electrons. The minimum atomic E-state index is 0.376. The minimum absolute atomic E-state index is 0.376. The van der Waals surface area contributed by atoms with Crippen molar-refractivity contribution in [3.63, 3.8) is 0 Å². The van der Waals surface area contributed by atoms with Gasteiger partial charge in [-0.3, -0.25) is 4.68 Å². The first-order valence-electron chi connectivity index (χ1n) is 7.79. The second-order valence-corrected chi connectivity index (χ2v) is 8.03. The molecule has 0 aromatic carbocycles. The van der Waals surface area contributed by atoms with Gasteiger partial charge in [0.05, 0.1) is 16.4 Å². The number of hydrogen-bond donors (Lipinski definition) is 1. The van der Waals surface area contributed by atoms with E-state index in [-0.39, 0.29) is 0 Å². The highest BCUT2D eigenvalue weighted by Crippen LogP contribution is 2.47. The van der Waals surface area contributed by atoms with Crippen molar-refractivity contribution in [2.24, 2.45) is 23.0 Å². The summed E-state index contributed by atoms with van der Waals surface area (Å²) in [6.07, 6.45) is 5.72. The Hall–Kier alpha value is -0.350. The predicted octanol–water partition coefficient (Wildman–Crippen LogP) is 4.17. The SMILES string of the molecule is CCn1ncc(Br)c1C1CC(C(C)(C)C)CCC1CN. The highest BCUT2D eigenvalue weighted by atomic mass is 79.9. The number of aromatic nitrogens is 2. The van der Waals surface area contributed by atoms with Crippen LogP contribution in [0.25, 0.3) is 0 Å². The zero-order chi connectivity index (χ0) is 14.9. The normalized spacial score (nSPS) is 27.8. The third kappa shape index (κ3) is 3.11. The lowest BCUT2D eigenvalue weighted by Crippen LogP contribution is -2.35. The molecule has 2 N–H and O–H groups in total. The summed E-state index contributed by atoms with van der Waals surface area (Å²) in [7, 11) is 0. The molecule has 0 bridgehead atoms. The number of halogens is 1. The predicted molar refractivity (Wildman–Crippen MR) is 87.7 cm³/mol. The van der Waals surface area contributed by atoms with Gasteiger partial charge in [0, 0.05) is 12.5 Å². The zero-order valence-corrected chi connectivity index (χ0v) is 14.8. The van der Waals surface area contributed by atoms with Crippen LogP contribution in [0.5, 0.6) is 0 Å². The molecule has 0 saturated heterocycles. The number of hydrogen-bond acceptors (Lipinski definition) is 2. The second-order valence-electron chi connectivity index (χ2n) is 7.17. The zero-order valence-electron chi connectivity index (χ0n) is 13.2. The van der Waals surface area contributed by atoms with Crippen molar-refractivity contribution < 1.29 is 0 Å². The highest BCUT2D eigenvalue weighted by Gasteiger charge is 2.38. The number of nitrogens with zero attached hydrogens (tertiary/aromatic N) is 2. The number of nitrogens with two attached hydrogens (primary N) is 1. The minimum Gasteiger partial charge on any atom is -0.330 e. The van der Waals surface area contributed by atoms with Crippen molar-refractivity contribution in [3.8, 4) is 0 Å². The molecular weight excluding hydrogens is 314 g/mol. The van der Waals surface area contributed by atoms with Crippen molar-refractivity contribution in [2.45, 2.75) is 59.4 Å². The van der Waals surface area contributed by atoms with Crippen LogP contribution in [0.2, 0.25) is 0 Å². The van der Waals surface area contributed by atoms with Gasteiger partial charge < -0.3 is 5.73 Å². The molecule has 3 atom stereocenters. The summed E-state index contributed by atoms with van der Waals surface area (Å²) in [4.78, 5) is 0. The number of aryl methyl sites for hydroxylation is 1. The molecule has 1 saturated carbocycles.